The van der Waals surface area contributed by atoms with Gasteiger partial charge >= 0.3 is 17.9 Å². The topological polar surface area (TPSA) is 307 Å². The number of carboxylic acid groups (broad SMARTS) is 3. The summed E-state index contributed by atoms with van der Waals surface area (Å²) < 4.78 is 42.2. The zero-order chi connectivity index (χ0) is 38.4. The van der Waals surface area contributed by atoms with Gasteiger partial charge in [-0.3, -0.25) is 0 Å². The lowest BCUT2D eigenvalue weighted by molar-refractivity contribution is -0.355. The predicted molar refractivity (Wildman–Crippen MR) is 162 cm³/mol. The molecule has 3 fully saturated rings. The van der Waals surface area contributed by atoms with Crippen LogP contribution in [0, 0.1) is 0 Å². The molecule has 3 heterocycles. The third kappa shape index (κ3) is 11.4. The van der Waals surface area contributed by atoms with Crippen LogP contribution in [0.25, 0.3) is 0 Å². The van der Waals surface area contributed by atoms with E-state index in [1.807, 2.05) is 0 Å². The lowest BCUT2D eigenvalue weighted by Crippen LogP contribution is -2.66. The van der Waals surface area contributed by atoms with E-state index < -0.39 is 122 Å². The molecular weight excluding hydrogens is 680 g/mol. The summed E-state index contributed by atoms with van der Waals surface area (Å²) >= 11 is 0. The summed E-state index contributed by atoms with van der Waals surface area (Å²) in [5.41, 5.74) is 0. The fraction of sp³-hybridized carbons (Fsp3) is 0.900. The fourth-order valence-electron chi connectivity index (χ4n) is 5.22. The molecule has 0 spiro atoms. The van der Waals surface area contributed by atoms with Crippen LogP contribution in [0.2, 0.25) is 0 Å². The molecule has 9 N–H and O–H groups in total. The van der Waals surface area contributed by atoms with E-state index in [2.05, 4.69) is 0 Å². The van der Waals surface area contributed by atoms with Crippen molar-refractivity contribution >= 4 is 17.9 Å². The summed E-state index contributed by atoms with van der Waals surface area (Å²) in [6, 6.07) is 0. The van der Waals surface area contributed by atoms with Crippen LogP contribution in [0.3, 0.4) is 0 Å². The second kappa shape index (κ2) is 19.1. The zero-order valence-electron chi connectivity index (χ0n) is 29.0. The largest absolute Gasteiger partial charge is 0.479 e. The summed E-state index contributed by atoms with van der Waals surface area (Å²) in [4.78, 5) is 34.4. The van der Waals surface area contributed by atoms with E-state index in [4.69, 9.17) is 43.0 Å². The molecule has 0 saturated carbocycles. The van der Waals surface area contributed by atoms with Crippen LogP contribution in [0.15, 0.2) is 0 Å². The Hall–Kier alpha value is -2.15. The Morgan fingerprint density at radius 2 is 0.680 bits per heavy atom. The van der Waals surface area contributed by atoms with Crippen molar-refractivity contribution in [2.24, 2.45) is 0 Å². The maximum absolute atomic E-state index is 11.7. The van der Waals surface area contributed by atoms with Gasteiger partial charge in [-0.1, -0.05) is 0 Å². The first-order valence-corrected chi connectivity index (χ1v) is 16.1. The van der Waals surface area contributed by atoms with Crippen LogP contribution in [0.5, 0.6) is 0 Å². The highest BCUT2D eigenvalue weighted by atomic mass is 16.8. The van der Waals surface area contributed by atoms with Crippen LogP contribution in [-0.4, -0.2) is 180 Å². The Bertz CT molecular complexity index is 1090. The molecule has 292 valence electrons. The Labute approximate surface area is 288 Å². The molecule has 0 aromatic heterocycles. The molecule has 15 atom stereocenters. The summed E-state index contributed by atoms with van der Waals surface area (Å²) in [6.45, 7) is 13.2. The normalized spacial score (nSPS) is 39.4. The molecule has 50 heavy (non-hydrogen) atoms. The number of hydrogen-bond acceptors (Lipinski definition) is 17. The van der Waals surface area contributed by atoms with E-state index in [9.17, 15) is 55.2 Å². The van der Waals surface area contributed by atoms with Gasteiger partial charge in [0.25, 0.3) is 0 Å². The van der Waals surface area contributed by atoms with Gasteiger partial charge in [-0.15, -0.1) is 0 Å². The lowest BCUT2D eigenvalue weighted by Gasteiger charge is -2.45. The first-order valence-electron chi connectivity index (χ1n) is 16.1. The van der Waals surface area contributed by atoms with E-state index in [1.54, 1.807) is 55.4 Å². The Morgan fingerprint density at radius 1 is 0.420 bits per heavy atom. The smallest absolute Gasteiger partial charge is 0.335 e. The van der Waals surface area contributed by atoms with Crippen molar-refractivity contribution in [3.05, 3.63) is 0 Å². The Morgan fingerprint density at radius 3 is 0.980 bits per heavy atom. The van der Waals surface area contributed by atoms with Gasteiger partial charge in [-0.25, -0.2) is 14.4 Å². The van der Waals surface area contributed by atoms with Crippen molar-refractivity contribution in [2.75, 3.05) is 0 Å². The van der Waals surface area contributed by atoms with E-state index in [1.165, 1.54) is 0 Å². The molecule has 20 nitrogen and oxygen atoms in total. The van der Waals surface area contributed by atoms with Crippen LogP contribution < -0.4 is 0 Å². The molecule has 0 amide bonds. The first-order chi connectivity index (χ1) is 23.1. The van der Waals surface area contributed by atoms with Crippen molar-refractivity contribution in [3.63, 3.8) is 0 Å². The second-order valence-electron chi connectivity index (χ2n) is 13.0. The monoisotopic (exact) mass is 732 g/mol. The highest BCUT2D eigenvalue weighted by molar-refractivity contribution is 5.74. The Balaban J connectivity index is 0.000000391. The number of ether oxygens (including phenoxy) is 8. The van der Waals surface area contributed by atoms with Gasteiger partial charge in [-0.05, 0) is 55.4 Å². The number of aliphatic hydroxyl groups is 6. The van der Waals surface area contributed by atoms with Gasteiger partial charge in [0.15, 0.2) is 37.2 Å². The number of aliphatic carboxylic acids is 3. The van der Waals surface area contributed by atoms with E-state index >= 15 is 0 Å². The highest BCUT2D eigenvalue weighted by Crippen LogP contribution is 2.32. The van der Waals surface area contributed by atoms with Crippen molar-refractivity contribution in [2.45, 2.75) is 172 Å². The maximum Gasteiger partial charge on any atom is 0.335 e. The minimum atomic E-state index is -1.87. The molecule has 0 aliphatic carbocycles. The molecule has 0 aromatic rings. The molecule has 3 saturated heterocycles. The number of rotatable bonds is 13. The van der Waals surface area contributed by atoms with Gasteiger partial charge in [0.05, 0.1) is 24.4 Å². The minimum absolute atomic E-state index is 0.274. The SMILES string of the molecule is CC(C)O[C@@H]1C(C(=O)O)O[C@@H](O[C@@H]2C(C(=O)O)O[C@@H](OC(C)C)[C@H](O)C2O)[C@H](O)C1O.CC(C)O[C@@H]1OC(C(=O)O)[C@@H](OC(C)C)[C@H](O)[C@@H]1O. The molecule has 0 radical (unpaired) electrons. The van der Waals surface area contributed by atoms with Gasteiger partial charge in [0.2, 0.25) is 0 Å². The summed E-state index contributed by atoms with van der Waals surface area (Å²) in [7, 11) is 0. The molecule has 3 rings (SSSR count). The van der Waals surface area contributed by atoms with Crippen molar-refractivity contribution in [1.82, 2.24) is 0 Å². The quantitative estimate of drug-likeness (QED) is 0.0937. The number of carbonyl (C=O) groups is 3. The van der Waals surface area contributed by atoms with Crippen molar-refractivity contribution < 1.29 is 98.2 Å². The van der Waals surface area contributed by atoms with E-state index in [-0.39, 0.29) is 12.2 Å². The van der Waals surface area contributed by atoms with E-state index in [0.29, 0.717) is 0 Å². The summed E-state index contributed by atoms with van der Waals surface area (Å²) in [6.07, 6.45) is -25.4. The molecule has 20 heteroatoms. The summed E-state index contributed by atoms with van der Waals surface area (Å²) in [5, 5.41) is 89.3. The Kier molecular flexibility index (Phi) is 16.8. The predicted octanol–water partition coefficient (Wildman–Crippen LogP) is -2.61. The minimum Gasteiger partial charge on any atom is -0.479 e. The van der Waals surface area contributed by atoms with Gasteiger partial charge in [0.1, 0.15) is 54.9 Å². The number of carboxylic acids is 3. The average Bonchev–Trinajstić information content (AvgIpc) is 2.99. The summed E-state index contributed by atoms with van der Waals surface area (Å²) in [5.74, 6) is -4.37. The second-order valence-corrected chi connectivity index (χ2v) is 13.0. The van der Waals surface area contributed by atoms with Crippen molar-refractivity contribution in [3.8, 4) is 0 Å². The third-order valence-electron chi connectivity index (χ3n) is 7.33. The molecular formula is C30H52O20. The van der Waals surface area contributed by atoms with Crippen LogP contribution >= 0.6 is 0 Å². The van der Waals surface area contributed by atoms with Gasteiger partial charge < -0.3 is 83.9 Å². The zero-order valence-corrected chi connectivity index (χ0v) is 29.0. The molecule has 3 aliphatic heterocycles. The molecule has 0 bridgehead atoms. The van der Waals surface area contributed by atoms with E-state index in [0.717, 1.165) is 0 Å². The number of hydrogen-bond donors (Lipinski definition) is 9. The molecule has 5 unspecified atom stereocenters. The fourth-order valence-corrected chi connectivity index (χ4v) is 5.22. The van der Waals surface area contributed by atoms with Crippen LogP contribution in [-0.2, 0) is 52.3 Å². The van der Waals surface area contributed by atoms with Gasteiger partial charge in [-0.2, -0.15) is 0 Å². The first kappa shape index (κ1) is 44.0. The maximum atomic E-state index is 11.7. The van der Waals surface area contributed by atoms with Crippen LogP contribution in [0.1, 0.15) is 55.4 Å². The third-order valence-corrected chi connectivity index (χ3v) is 7.33. The molecule has 3 aliphatic rings. The van der Waals surface area contributed by atoms with Gasteiger partial charge in [0, 0.05) is 0 Å². The number of aliphatic hydroxyl groups excluding tert-OH is 6. The highest BCUT2D eigenvalue weighted by Gasteiger charge is 2.55. The molecule has 0 aromatic carbocycles. The average molecular weight is 733 g/mol. The van der Waals surface area contributed by atoms with Crippen LogP contribution in [0.4, 0.5) is 0 Å². The standard InChI is InChI=1S/C18H30O13.C12H22O7/c1-5(2)27-11-7(19)10(22)18(31-13(11)15(23)24)29-12-8(20)9(21)17(28-6(3)4)30-14(12)16(25)26;1-5(2)17-9-7(13)8(14)12(18-6(3)4)19-10(9)11(15)16/h5-14,17-22H,1-4H3,(H,23,24)(H,25,26);5-10,12-14H,1-4H3,(H,15,16)/t7?,8?,9-,10-,11+,12+,13?,14?,17-,18-;7-,8+,9+,10?,12-/m11/s1. The lowest BCUT2D eigenvalue weighted by atomic mass is 9.96. The van der Waals surface area contributed by atoms with Crippen molar-refractivity contribution in [1.29, 1.82) is 0 Å².